The average Bonchev–Trinajstić information content (AvgIpc) is 4.15. The predicted molar refractivity (Wildman–Crippen MR) is 279 cm³/mol. The highest BCUT2D eigenvalue weighted by Crippen LogP contribution is 2.63. The molecule has 2 aliphatic carbocycles. The standard InChI is InChI=1S/C64H38N4O/c1-3-17-39(18-4-1)61-65-62(40-19-5-2-6-20-40)67-63(66-61)47-25-15-32-58-59(47)49-38-42(34-36-57(49)69-58)41-33-35-55-48(37-41)45-23-10-14-30-54(45)68(55)56-31-16-29-53-60(56)46-24-9-13-28-52(46)64(53)50-26-11-7-21-43(50)44-22-8-12-27-51(44)64/h1-38H. The number of hydrogen-bond donors (Lipinski definition) is 0. The van der Waals surface area contributed by atoms with Crippen LogP contribution in [-0.2, 0) is 5.41 Å². The van der Waals surface area contributed by atoms with Crippen molar-refractivity contribution in [3.63, 3.8) is 0 Å². The summed E-state index contributed by atoms with van der Waals surface area (Å²) in [6.07, 6.45) is 0. The highest BCUT2D eigenvalue weighted by Gasteiger charge is 2.52. The van der Waals surface area contributed by atoms with Crippen molar-refractivity contribution >= 4 is 43.7 Å². The van der Waals surface area contributed by atoms with Gasteiger partial charge in [-0.3, -0.25) is 0 Å². The molecule has 13 aromatic rings. The molecular weight excluding hydrogens is 841 g/mol. The third kappa shape index (κ3) is 5.32. The molecule has 0 N–H and O–H groups in total. The van der Waals surface area contributed by atoms with E-state index in [4.69, 9.17) is 19.4 Å². The number of para-hydroxylation sites is 1. The van der Waals surface area contributed by atoms with Crippen molar-refractivity contribution in [2.75, 3.05) is 0 Å². The minimum absolute atomic E-state index is 0.422. The quantitative estimate of drug-likeness (QED) is 0.173. The van der Waals surface area contributed by atoms with Crippen molar-refractivity contribution in [1.29, 1.82) is 0 Å². The lowest BCUT2D eigenvalue weighted by Crippen LogP contribution is -2.25. The Morgan fingerprint density at radius 2 is 0.855 bits per heavy atom. The third-order valence-corrected chi connectivity index (χ3v) is 14.7. The first-order chi connectivity index (χ1) is 34.2. The molecule has 3 aromatic heterocycles. The first-order valence-electron chi connectivity index (χ1n) is 23.5. The van der Waals surface area contributed by atoms with E-state index in [9.17, 15) is 0 Å². The van der Waals surface area contributed by atoms with Crippen LogP contribution in [0.15, 0.2) is 235 Å². The molecule has 3 heterocycles. The fourth-order valence-corrected chi connectivity index (χ4v) is 11.8. The molecule has 15 rings (SSSR count). The van der Waals surface area contributed by atoms with Crippen LogP contribution in [0.1, 0.15) is 22.3 Å². The summed E-state index contributed by atoms with van der Waals surface area (Å²) in [5, 5.41) is 4.38. The zero-order valence-electron chi connectivity index (χ0n) is 37.1. The summed E-state index contributed by atoms with van der Waals surface area (Å²) >= 11 is 0. The summed E-state index contributed by atoms with van der Waals surface area (Å²) < 4.78 is 9.07. The third-order valence-electron chi connectivity index (χ3n) is 14.7. The Morgan fingerprint density at radius 1 is 0.333 bits per heavy atom. The summed E-state index contributed by atoms with van der Waals surface area (Å²) in [5.74, 6) is 1.84. The summed E-state index contributed by atoms with van der Waals surface area (Å²) in [7, 11) is 0. The molecule has 0 radical (unpaired) electrons. The van der Waals surface area contributed by atoms with Crippen LogP contribution in [0.5, 0.6) is 0 Å². The maximum atomic E-state index is 6.58. The highest BCUT2D eigenvalue weighted by atomic mass is 16.3. The average molecular weight is 879 g/mol. The number of furan rings is 1. The molecular formula is C64H38N4O. The van der Waals surface area contributed by atoms with Crippen molar-refractivity contribution in [1.82, 2.24) is 19.5 Å². The van der Waals surface area contributed by atoms with Crippen LogP contribution in [-0.4, -0.2) is 19.5 Å². The Hall–Kier alpha value is -9.19. The van der Waals surface area contributed by atoms with Gasteiger partial charge in [-0.25, -0.2) is 15.0 Å². The van der Waals surface area contributed by atoms with Crippen LogP contribution in [0.2, 0.25) is 0 Å². The molecule has 2 aliphatic rings. The molecule has 0 amide bonds. The molecule has 0 fully saturated rings. The molecule has 0 bridgehead atoms. The van der Waals surface area contributed by atoms with Crippen LogP contribution in [0.3, 0.4) is 0 Å². The van der Waals surface area contributed by atoms with E-state index in [0.29, 0.717) is 17.5 Å². The predicted octanol–water partition coefficient (Wildman–Crippen LogP) is 15.9. The van der Waals surface area contributed by atoms with Crippen molar-refractivity contribution < 1.29 is 4.42 Å². The molecule has 0 saturated carbocycles. The van der Waals surface area contributed by atoms with Crippen molar-refractivity contribution in [2.45, 2.75) is 5.41 Å². The van der Waals surface area contributed by atoms with E-state index in [0.717, 1.165) is 55.3 Å². The summed E-state index contributed by atoms with van der Waals surface area (Å²) in [6.45, 7) is 0. The topological polar surface area (TPSA) is 56.7 Å². The second-order valence-corrected chi connectivity index (χ2v) is 18.2. The van der Waals surface area contributed by atoms with Gasteiger partial charge in [0.25, 0.3) is 0 Å². The van der Waals surface area contributed by atoms with Gasteiger partial charge < -0.3 is 8.98 Å². The van der Waals surface area contributed by atoms with E-state index in [2.05, 4.69) is 162 Å². The maximum absolute atomic E-state index is 6.58. The van der Waals surface area contributed by atoms with E-state index in [1.54, 1.807) is 0 Å². The van der Waals surface area contributed by atoms with E-state index in [1.807, 2.05) is 72.8 Å². The normalized spacial score (nSPS) is 13.0. The number of nitrogens with zero attached hydrogens (tertiary/aromatic N) is 4. The number of hydrogen-bond acceptors (Lipinski definition) is 4. The molecule has 5 nitrogen and oxygen atoms in total. The Balaban J connectivity index is 0.910. The van der Waals surface area contributed by atoms with E-state index < -0.39 is 5.41 Å². The molecule has 0 atom stereocenters. The monoisotopic (exact) mass is 878 g/mol. The fraction of sp³-hybridized carbons (Fsp3) is 0.0156. The van der Waals surface area contributed by atoms with Gasteiger partial charge in [0.1, 0.15) is 11.2 Å². The molecule has 0 unspecified atom stereocenters. The van der Waals surface area contributed by atoms with Crippen LogP contribution in [0, 0.1) is 0 Å². The lowest BCUT2D eigenvalue weighted by atomic mass is 9.70. The van der Waals surface area contributed by atoms with Crippen LogP contribution < -0.4 is 0 Å². The van der Waals surface area contributed by atoms with Gasteiger partial charge in [-0.2, -0.15) is 0 Å². The SMILES string of the molecule is c1ccc(-c2nc(-c3ccccc3)nc(-c3cccc4oc5ccc(-c6ccc7c(c6)c6ccccc6n7-c6cccc7c6-c6ccccc6C76c7ccccc7-c7ccccc76)cc5c34)n2)cc1. The molecule has 1 spiro atoms. The van der Waals surface area contributed by atoms with Gasteiger partial charge in [-0.15, -0.1) is 0 Å². The molecule has 0 aliphatic heterocycles. The van der Waals surface area contributed by atoms with Crippen molar-refractivity contribution in [2.24, 2.45) is 0 Å². The number of benzene rings is 10. The minimum atomic E-state index is -0.422. The van der Waals surface area contributed by atoms with Crippen molar-refractivity contribution in [3.8, 4) is 73.2 Å². The lowest BCUT2D eigenvalue weighted by molar-refractivity contribution is 0.669. The smallest absolute Gasteiger partial charge is 0.164 e. The maximum Gasteiger partial charge on any atom is 0.164 e. The fourth-order valence-electron chi connectivity index (χ4n) is 11.8. The molecule has 10 aromatic carbocycles. The van der Waals surface area contributed by atoms with Gasteiger partial charge >= 0.3 is 0 Å². The van der Waals surface area contributed by atoms with Gasteiger partial charge in [0.15, 0.2) is 17.5 Å². The Labute approximate surface area is 397 Å². The summed E-state index contributed by atoms with van der Waals surface area (Å²) in [6, 6.07) is 82.7. The van der Waals surface area contributed by atoms with E-state index in [-0.39, 0.29) is 0 Å². The zero-order chi connectivity index (χ0) is 45.2. The Morgan fingerprint density at radius 3 is 1.57 bits per heavy atom. The number of fused-ring (bicyclic) bond motifs is 16. The van der Waals surface area contributed by atoms with E-state index >= 15 is 0 Å². The first kappa shape index (κ1) is 38.0. The summed E-state index contributed by atoms with van der Waals surface area (Å²) in [4.78, 5) is 15.2. The molecule has 0 saturated heterocycles. The van der Waals surface area contributed by atoms with Gasteiger partial charge in [0.2, 0.25) is 0 Å². The van der Waals surface area contributed by atoms with Crippen LogP contribution in [0.4, 0.5) is 0 Å². The zero-order valence-corrected chi connectivity index (χ0v) is 37.1. The van der Waals surface area contributed by atoms with Gasteiger partial charge in [0, 0.05) is 43.8 Å². The van der Waals surface area contributed by atoms with Crippen molar-refractivity contribution in [3.05, 3.63) is 253 Å². The van der Waals surface area contributed by atoms with E-state index in [1.165, 1.54) is 66.5 Å². The Bertz CT molecular complexity index is 4160. The summed E-state index contributed by atoms with van der Waals surface area (Å²) in [5.41, 5.74) is 20.2. The molecule has 69 heavy (non-hydrogen) atoms. The lowest BCUT2D eigenvalue weighted by Gasteiger charge is -2.30. The first-order valence-corrected chi connectivity index (χ1v) is 23.5. The molecule has 320 valence electrons. The van der Waals surface area contributed by atoms with Crippen LogP contribution >= 0.6 is 0 Å². The van der Waals surface area contributed by atoms with Crippen LogP contribution in [0.25, 0.3) is 117 Å². The second-order valence-electron chi connectivity index (χ2n) is 18.2. The minimum Gasteiger partial charge on any atom is -0.456 e. The second kappa shape index (κ2) is 14.4. The molecule has 5 heteroatoms. The number of rotatable bonds is 5. The van der Waals surface area contributed by atoms with Gasteiger partial charge in [0.05, 0.1) is 22.1 Å². The largest absolute Gasteiger partial charge is 0.456 e. The number of aromatic nitrogens is 4. The van der Waals surface area contributed by atoms with Gasteiger partial charge in [-0.1, -0.05) is 188 Å². The Kier molecular flexibility index (Phi) is 7.93. The van der Waals surface area contributed by atoms with Gasteiger partial charge in [-0.05, 0) is 92.5 Å². The highest BCUT2D eigenvalue weighted by molar-refractivity contribution is 6.14.